The largest absolute Gasteiger partial charge is 0.481 e. The molecule has 1 aliphatic rings. The standard InChI is InChI=1S/C13H21N5O9P2S2/c1-2-3-30-31-10-9(19)7(4-25-29(23,24)27-28(20,21)22)26-13(10)18-6-17-8-11(14)15-5-16-12(8)18/h5-7,9-10,13,19H,2-4H2,1H3,(H,23,24)(H2,14,15,16)(H2,20,21,22)/t7-,9-,10+,13-/m1/s1. The predicted octanol–water partition coefficient (Wildman–Crippen LogP) is 1.05. The van der Waals surface area contributed by atoms with E-state index in [-0.39, 0.29) is 5.82 Å². The van der Waals surface area contributed by atoms with Gasteiger partial charge in [-0.05, 0) is 6.42 Å². The number of nitrogens with two attached hydrogens (primary N) is 1. The van der Waals surface area contributed by atoms with Gasteiger partial charge in [0, 0.05) is 5.75 Å². The predicted molar refractivity (Wildman–Crippen MR) is 113 cm³/mol. The first kappa shape index (κ1) is 24.9. The average molecular weight is 517 g/mol. The van der Waals surface area contributed by atoms with E-state index in [1.807, 2.05) is 6.92 Å². The number of phosphoric ester groups is 1. The molecule has 0 aliphatic carbocycles. The molecule has 18 heteroatoms. The molecule has 2 aromatic heterocycles. The molecule has 3 rings (SSSR count). The van der Waals surface area contributed by atoms with Crippen LogP contribution in [-0.2, 0) is 22.7 Å². The van der Waals surface area contributed by atoms with Crippen LogP contribution in [0.3, 0.4) is 0 Å². The molecule has 0 aromatic carbocycles. The third-order valence-electron chi connectivity index (χ3n) is 4.05. The van der Waals surface area contributed by atoms with Crippen molar-refractivity contribution >= 4 is 54.2 Å². The number of aliphatic hydroxyl groups is 1. The molecule has 5 atom stereocenters. The van der Waals surface area contributed by atoms with Gasteiger partial charge in [0.25, 0.3) is 0 Å². The van der Waals surface area contributed by atoms with Crippen LogP contribution in [0.4, 0.5) is 5.82 Å². The second-order valence-electron chi connectivity index (χ2n) is 6.36. The lowest BCUT2D eigenvalue weighted by Gasteiger charge is -2.20. The molecular formula is C13H21N5O9P2S2. The number of phosphoric acid groups is 2. The highest BCUT2D eigenvalue weighted by molar-refractivity contribution is 8.77. The van der Waals surface area contributed by atoms with Gasteiger partial charge < -0.3 is 30.3 Å². The zero-order valence-electron chi connectivity index (χ0n) is 16.0. The lowest BCUT2D eigenvalue weighted by molar-refractivity contribution is -0.0421. The van der Waals surface area contributed by atoms with Crippen molar-refractivity contribution in [3.8, 4) is 0 Å². The van der Waals surface area contributed by atoms with Gasteiger partial charge in [-0.15, -0.1) is 0 Å². The van der Waals surface area contributed by atoms with Gasteiger partial charge >= 0.3 is 15.6 Å². The Hall–Kier alpha value is -0.770. The molecule has 0 amide bonds. The first-order valence-electron chi connectivity index (χ1n) is 8.81. The van der Waals surface area contributed by atoms with E-state index >= 15 is 0 Å². The van der Waals surface area contributed by atoms with Crippen molar-refractivity contribution < 1.29 is 42.5 Å². The number of fused-ring (bicyclic) bond motifs is 1. The molecule has 14 nitrogen and oxygen atoms in total. The molecule has 0 spiro atoms. The van der Waals surface area contributed by atoms with Crippen molar-refractivity contribution in [2.45, 2.75) is 37.0 Å². The number of hydrogen-bond donors (Lipinski definition) is 5. The molecule has 0 radical (unpaired) electrons. The van der Waals surface area contributed by atoms with Crippen molar-refractivity contribution in [1.29, 1.82) is 0 Å². The number of imidazole rings is 1. The van der Waals surface area contributed by atoms with Crippen LogP contribution in [0.1, 0.15) is 19.6 Å². The van der Waals surface area contributed by atoms with Crippen LogP contribution < -0.4 is 5.73 Å². The molecule has 1 unspecified atom stereocenters. The maximum Gasteiger partial charge on any atom is 0.481 e. The van der Waals surface area contributed by atoms with E-state index in [1.165, 1.54) is 34.2 Å². The maximum atomic E-state index is 11.7. The number of rotatable bonds is 10. The second kappa shape index (κ2) is 10.0. The SMILES string of the molecule is CCCSS[C@H]1[C@H](O)[C@@H](COP(=O)(O)OP(=O)(O)O)O[C@H]1n1cnc2c(N)ncnc21. The summed E-state index contributed by atoms with van der Waals surface area (Å²) in [6.07, 6.45) is 0.537. The molecule has 1 saturated heterocycles. The molecule has 0 bridgehead atoms. The molecule has 1 fully saturated rings. The normalized spacial score (nSPS) is 26.4. The number of aromatic nitrogens is 4. The van der Waals surface area contributed by atoms with Gasteiger partial charge in [0.2, 0.25) is 0 Å². The monoisotopic (exact) mass is 517 g/mol. The Kier molecular flexibility index (Phi) is 8.03. The number of aliphatic hydroxyl groups excluding tert-OH is 1. The third kappa shape index (κ3) is 6.18. The summed E-state index contributed by atoms with van der Waals surface area (Å²) in [6, 6.07) is 0. The summed E-state index contributed by atoms with van der Waals surface area (Å²) in [6.45, 7) is 1.34. The Morgan fingerprint density at radius 2 is 2.03 bits per heavy atom. The van der Waals surface area contributed by atoms with E-state index in [9.17, 15) is 19.1 Å². The molecule has 174 valence electrons. The van der Waals surface area contributed by atoms with Gasteiger partial charge in [0.1, 0.15) is 17.9 Å². The molecule has 31 heavy (non-hydrogen) atoms. The summed E-state index contributed by atoms with van der Waals surface area (Å²) in [5.41, 5.74) is 6.54. The minimum absolute atomic E-state index is 0.169. The highest BCUT2D eigenvalue weighted by atomic mass is 33.1. The molecular weight excluding hydrogens is 496 g/mol. The molecule has 1 aliphatic heterocycles. The first-order valence-corrected chi connectivity index (χ1v) is 14.2. The average Bonchev–Trinajstić information content (AvgIpc) is 3.21. The Labute approximate surface area is 184 Å². The quantitative estimate of drug-likeness (QED) is 0.169. The van der Waals surface area contributed by atoms with E-state index < -0.39 is 45.9 Å². The van der Waals surface area contributed by atoms with Crippen LogP contribution in [0.5, 0.6) is 0 Å². The minimum Gasteiger partial charge on any atom is -0.389 e. The summed E-state index contributed by atoms with van der Waals surface area (Å²) in [4.78, 5) is 39.1. The molecule has 2 aromatic rings. The fourth-order valence-electron chi connectivity index (χ4n) is 2.78. The number of anilines is 1. The van der Waals surface area contributed by atoms with Crippen LogP contribution in [0, 0.1) is 0 Å². The fraction of sp³-hybridized carbons (Fsp3) is 0.615. The number of ether oxygens (including phenoxy) is 1. The lowest BCUT2D eigenvalue weighted by Crippen LogP contribution is -2.31. The summed E-state index contributed by atoms with van der Waals surface area (Å²) in [7, 11) is -7.48. The van der Waals surface area contributed by atoms with Crippen molar-refractivity contribution in [2.75, 3.05) is 18.1 Å². The highest BCUT2D eigenvalue weighted by Gasteiger charge is 2.47. The summed E-state index contributed by atoms with van der Waals surface area (Å²) >= 11 is 0. The van der Waals surface area contributed by atoms with Crippen LogP contribution in [-0.4, -0.2) is 69.1 Å². The third-order valence-corrected chi connectivity index (χ3v) is 9.22. The van der Waals surface area contributed by atoms with Gasteiger partial charge in [-0.2, -0.15) is 4.31 Å². The Morgan fingerprint density at radius 1 is 1.29 bits per heavy atom. The topological polar surface area (TPSA) is 212 Å². The fourth-order valence-corrected chi connectivity index (χ4v) is 7.26. The number of nitrogens with zero attached hydrogens (tertiary/aromatic N) is 4. The Balaban J connectivity index is 1.81. The van der Waals surface area contributed by atoms with E-state index in [1.54, 1.807) is 4.57 Å². The van der Waals surface area contributed by atoms with E-state index in [0.29, 0.717) is 11.2 Å². The zero-order chi connectivity index (χ0) is 22.8. The second-order valence-corrected chi connectivity index (χ2v) is 11.9. The smallest absolute Gasteiger partial charge is 0.389 e. The summed E-state index contributed by atoms with van der Waals surface area (Å²) in [5, 5.41) is 10.2. The van der Waals surface area contributed by atoms with E-state index in [2.05, 4.69) is 23.8 Å². The maximum absolute atomic E-state index is 11.7. The Bertz CT molecular complexity index is 1010. The van der Waals surface area contributed by atoms with Crippen LogP contribution in [0.15, 0.2) is 12.7 Å². The molecule has 0 saturated carbocycles. The summed E-state index contributed by atoms with van der Waals surface area (Å²) in [5.74, 6) is 0.978. The van der Waals surface area contributed by atoms with Gasteiger partial charge in [-0.3, -0.25) is 9.09 Å². The Morgan fingerprint density at radius 3 is 2.71 bits per heavy atom. The lowest BCUT2D eigenvalue weighted by atomic mass is 10.2. The van der Waals surface area contributed by atoms with E-state index in [0.717, 1.165) is 12.2 Å². The number of nitrogen functional groups attached to an aromatic ring is 1. The van der Waals surface area contributed by atoms with E-state index in [4.69, 9.17) is 20.3 Å². The van der Waals surface area contributed by atoms with Gasteiger partial charge in [0.05, 0.1) is 24.3 Å². The van der Waals surface area contributed by atoms with Crippen LogP contribution in [0.25, 0.3) is 11.2 Å². The van der Waals surface area contributed by atoms with Crippen molar-refractivity contribution in [1.82, 2.24) is 19.5 Å². The van der Waals surface area contributed by atoms with Crippen molar-refractivity contribution in [3.63, 3.8) is 0 Å². The number of hydrogen-bond acceptors (Lipinski definition) is 12. The first-order chi connectivity index (χ1) is 14.5. The van der Waals surface area contributed by atoms with Gasteiger partial charge in [-0.1, -0.05) is 28.5 Å². The highest BCUT2D eigenvalue weighted by Crippen LogP contribution is 2.58. The summed E-state index contributed by atoms with van der Waals surface area (Å²) < 4.78 is 38.4. The van der Waals surface area contributed by atoms with Gasteiger partial charge in [-0.25, -0.2) is 24.1 Å². The van der Waals surface area contributed by atoms with Crippen molar-refractivity contribution in [3.05, 3.63) is 12.7 Å². The minimum atomic E-state index is -5.27. The molecule has 3 heterocycles. The zero-order valence-corrected chi connectivity index (χ0v) is 19.4. The van der Waals surface area contributed by atoms with Crippen molar-refractivity contribution in [2.24, 2.45) is 0 Å². The van der Waals surface area contributed by atoms with Gasteiger partial charge in [0.15, 0.2) is 17.7 Å². The van der Waals surface area contributed by atoms with Crippen LogP contribution in [0.2, 0.25) is 0 Å². The van der Waals surface area contributed by atoms with Crippen LogP contribution >= 0.6 is 37.2 Å². The molecule has 6 N–H and O–H groups in total.